The third-order valence-electron chi connectivity index (χ3n) is 1.89. The van der Waals surface area contributed by atoms with E-state index in [1.54, 1.807) is 0 Å². The second-order valence-corrected chi connectivity index (χ2v) is 2.95. The van der Waals surface area contributed by atoms with Crippen molar-refractivity contribution in [3.63, 3.8) is 0 Å². The minimum absolute atomic E-state index is 0.257. The highest BCUT2D eigenvalue weighted by Crippen LogP contribution is 2.07. The molecule has 2 heteroatoms. The van der Waals surface area contributed by atoms with Crippen molar-refractivity contribution in [2.75, 3.05) is 6.54 Å². The molecule has 0 spiro atoms. The van der Waals surface area contributed by atoms with Gasteiger partial charge in [0.15, 0.2) is 0 Å². The van der Waals surface area contributed by atoms with E-state index in [9.17, 15) is 0 Å². The van der Waals surface area contributed by atoms with Crippen molar-refractivity contribution < 1.29 is 0 Å². The van der Waals surface area contributed by atoms with Crippen LogP contribution in [0.5, 0.6) is 0 Å². The van der Waals surface area contributed by atoms with Crippen LogP contribution in [0.1, 0.15) is 20.3 Å². The average Bonchev–Trinajstić information content (AvgIpc) is 2.19. The Bertz CT molecular complexity index is 221. The van der Waals surface area contributed by atoms with E-state index >= 15 is 0 Å². The highest BCUT2D eigenvalue weighted by Gasteiger charge is 2.04. The molecule has 1 rings (SSSR count). The van der Waals surface area contributed by atoms with Crippen molar-refractivity contribution in [1.82, 2.24) is 10.6 Å². The number of hydrogen-bond donors (Lipinski definition) is 1. The Balaban J connectivity index is 2.46. The summed E-state index contributed by atoms with van der Waals surface area (Å²) < 4.78 is 0. The summed E-state index contributed by atoms with van der Waals surface area (Å²) in [5, 5.41) is 7.87. The fraction of sp³-hybridized carbons (Fsp3) is 0.455. The summed E-state index contributed by atoms with van der Waals surface area (Å²) in [6.07, 6.45) is 1.29. The molecule has 2 nitrogen and oxygen atoms in total. The van der Waals surface area contributed by atoms with Crippen LogP contribution < -0.4 is 10.6 Å². The maximum Gasteiger partial charge on any atom is 0.0998 e. The molecule has 71 valence electrons. The molecule has 0 heterocycles. The van der Waals surface area contributed by atoms with Gasteiger partial charge in [0.25, 0.3) is 0 Å². The van der Waals surface area contributed by atoms with Gasteiger partial charge in [-0.15, -0.1) is 0 Å². The predicted octanol–water partition coefficient (Wildman–Crippen LogP) is 2.27. The summed E-state index contributed by atoms with van der Waals surface area (Å²) in [5.41, 5.74) is 1.05. The Morgan fingerprint density at radius 3 is 2.46 bits per heavy atom. The molecular weight excluding hydrogens is 160 g/mol. The molecule has 0 amide bonds. The van der Waals surface area contributed by atoms with Crippen LogP contribution in [-0.2, 0) is 0 Å². The molecular formula is C11H17N2. The molecule has 0 fully saturated rings. The molecule has 0 aliphatic heterocycles. The molecule has 1 N–H and O–H groups in total. The predicted molar refractivity (Wildman–Crippen MR) is 56.0 cm³/mol. The Hall–Kier alpha value is -1.02. The summed E-state index contributed by atoms with van der Waals surface area (Å²) in [4.78, 5) is 0. The minimum Gasteiger partial charge on any atom is -0.296 e. The molecule has 0 aromatic heterocycles. The topological polar surface area (TPSA) is 26.1 Å². The van der Waals surface area contributed by atoms with Crippen LogP contribution in [0.3, 0.4) is 0 Å². The second kappa shape index (κ2) is 5.60. The largest absolute Gasteiger partial charge is 0.296 e. The smallest absolute Gasteiger partial charge is 0.0998 e. The first-order chi connectivity index (χ1) is 6.36. The normalized spacial score (nSPS) is 12.5. The zero-order chi connectivity index (χ0) is 9.52. The molecule has 0 saturated carbocycles. The lowest BCUT2D eigenvalue weighted by Gasteiger charge is -2.15. The number of nitrogens with zero attached hydrogens (tertiary/aromatic N) is 1. The van der Waals surface area contributed by atoms with Crippen molar-refractivity contribution in [2.24, 2.45) is 0 Å². The standard InChI is InChI=1S/C11H17N2/c1-3-11(12-4-2)13-10-8-6-5-7-9-10/h5-9,11-12H,3-4H2,1-2H3. The van der Waals surface area contributed by atoms with Crippen molar-refractivity contribution in [3.8, 4) is 0 Å². The molecule has 0 bridgehead atoms. The zero-order valence-corrected chi connectivity index (χ0v) is 8.33. The summed E-state index contributed by atoms with van der Waals surface area (Å²) in [5.74, 6) is 0. The van der Waals surface area contributed by atoms with Crippen molar-refractivity contribution in [2.45, 2.75) is 26.4 Å². The van der Waals surface area contributed by atoms with Gasteiger partial charge in [-0.25, -0.2) is 0 Å². The Labute approximate surface area is 80.4 Å². The number of rotatable bonds is 5. The van der Waals surface area contributed by atoms with Crippen molar-refractivity contribution >= 4 is 5.69 Å². The van der Waals surface area contributed by atoms with E-state index in [4.69, 9.17) is 0 Å². The summed E-state index contributed by atoms with van der Waals surface area (Å²) >= 11 is 0. The number of nitrogens with one attached hydrogen (secondary N) is 1. The zero-order valence-electron chi connectivity index (χ0n) is 8.33. The third-order valence-corrected chi connectivity index (χ3v) is 1.89. The monoisotopic (exact) mass is 177 g/mol. The Morgan fingerprint density at radius 1 is 1.23 bits per heavy atom. The lowest BCUT2D eigenvalue weighted by atomic mass is 10.3. The SMILES string of the molecule is CCNC(CC)[N]c1ccccc1. The molecule has 1 unspecified atom stereocenters. The van der Waals surface area contributed by atoms with Gasteiger partial charge in [-0.2, -0.15) is 0 Å². The fourth-order valence-electron chi connectivity index (χ4n) is 1.21. The Kier molecular flexibility index (Phi) is 4.33. The molecule has 0 aliphatic rings. The highest BCUT2D eigenvalue weighted by molar-refractivity contribution is 5.34. The van der Waals surface area contributed by atoms with E-state index in [1.807, 2.05) is 30.3 Å². The van der Waals surface area contributed by atoms with E-state index in [0.29, 0.717) is 0 Å². The molecule has 1 atom stereocenters. The van der Waals surface area contributed by atoms with Crippen LogP contribution >= 0.6 is 0 Å². The van der Waals surface area contributed by atoms with Crippen LogP contribution in [0, 0.1) is 0 Å². The first-order valence-electron chi connectivity index (χ1n) is 4.86. The van der Waals surface area contributed by atoms with Gasteiger partial charge >= 0.3 is 0 Å². The summed E-state index contributed by atoms with van der Waals surface area (Å²) in [7, 11) is 0. The van der Waals surface area contributed by atoms with Gasteiger partial charge in [-0.05, 0) is 25.1 Å². The van der Waals surface area contributed by atoms with Crippen LogP contribution in [0.2, 0.25) is 0 Å². The van der Waals surface area contributed by atoms with Gasteiger partial charge in [-0.1, -0.05) is 32.0 Å². The molecule has 13 heavy (non-hydrogen) atoms. The second-order valence-electron chi connectivity index (χ2n) is 2.95. The first-order valence-corrected chi connectivity index (χ1v) is 4.86. The van der Waals surface area contributed by atoms with E-state index in [-0.39, 0.29) is 6.17 Å². The maximum atomic E-state index is 4.56. The summed E-state index contributed by atoms with van der Waals surface area (Å²) in [6, 6.07) is 10.1. The lowest BCUT2D eigenvalue weighted by molar-refractivity contribution is 0.469. The van der Waals surface area contributed by atoms with E-state index in [0.717, 1.165) is 18.7 Å². The van der Waals surface area contributed by atoms with Crippen LogP contribution in [0.15, 0.2) is 30.3 Å². The van der Waals surface area contributed by atoms with Crippen molar-refractivity contribution in [3.05, 3.63) is 30.3 Å². The maximum absolute atomic E-state index is 4.56. The Morgan fingerprint density at radius 2 is 1.92 bits per heavy atom. The van der Waals surface area contributed by atoms with Crippen molar-refractivity contribution in [1.29, 1.82) is 0 Å². The van der Waals surface area contributed by atoms with Crippen LogP contribution in [0.25, 0.3) is 0 Å². The number of benzene rings is 1. The van der Waals surface area contributed by atoms with Gasteiger partial charge < -0.3 is 0 Å². The average molecular weight is 177 g/mol. The molecule has 1 radical (unpaired) electrons. The third kappa shape index (κ3) is 3.47. The van der Waals surface area contributed by atoms with Gasteiger partial charge in [0.1, 0.15) is 0 Å². The first kappa shape index (κ1) is 10.1. The van der Waals surface area contributed by atoms with Gasteiger partial charge in [0, 0.05) is 0 Å². The van der Waals surface area contributed by atoms with Gasteiger partial charge in [-0.3, -0.25) is 10.6 Å². The van der Waals surface area contributed by atoms with Crippen LogP contribution in [-0.4, -0.2) is 12.7 Å². The summed E-state index contributed by atoms with van der Waals surface area (Å²) in [6.45, 7) is 5.21. The van der Waals surface area contributed by atoms with Gasteiger partial charge in [0.2, 0.25) is 0 Å². The van der Waals surface area contributed by atoms with Crippen LogP contribution in [0.4, 0.5) is 5.69 Å². The molecule has 0 saturated heterocycles. The lowest BCUT2D eigenvalue weighted by Crippen LogP contribution is -2.34. The number of hydrogen-bond acceptors (Lipinski definition) is 1. The highest BCUT2D eigenvalue weighted by atomic mass is 15.1. The molecule has 1 aromatic rings. The van der Waals surface area contributed by atoms with Gasteiger partial charge in [0.05, 0.1) is 11.9 Å². The van der Waals surface area contributed by atoms with E-state index in [1.165, 1.54) is 0 Å². The number of para-hydroxylation sites is 1. The van der Waals surface area contributed by atoms with E-state index in [2.05, 4.69) is 24.5 Å². The molecule has 1 aromatic carbocycles. The quantitative estimate of drug-likeness (QED) is 0.733. The fourth-order valence-corrected chi connectivity index (χ4v) is 1.21. The van der Waals surface area contributed by atoms with E-state index < -0.39 is 0 Å². The molecule has 0 aliphatic carbocycles. The minimum atomic E-state index is 0.257.